The Morgan fingerprint density at radius 3 is 1.70 bits per heavy atom. The summed E-state index contributed by atoms with van der Waals surface area (Å²) in [7, 11) is 0. The number of halogens is 3. The van der Waals surface area contributed by atoms with Crippen LogP contribution >= 0.6 is 37.2 Å². The Hall–Kier alpha value is 0.300. The van der Waals surface area contributed by atoms with Crippen molar-refractivity contribution in [2.75, 3.05) is 0 Å². The molecule has 4 N–H and O–H groups in total. The first-order valence-corrected chi connectivity index (χ1v) is 2.23. The maximum absolute atomic E-state index is 10.0. The van der Waals surface area contributed by atoms with E-state index in [1.54, 1.807) is 0 Å². The minimum atomic E-state index is -0.458. The highest BCUT2D eigenvalue weighted by molar-refractivity contribution is 5.86. The Labute approximate surface area is 79.1 Å². The second kappa shape index (κ2) is 12.0. The zero-order chi connectivity index (χ0) is 5.86. The normalized spacial score (nSPS) is 9.40. The number of carbonyl (C=O) groups is 1. The van der Waals surface area contributed by atoms with Crippen LogP contribution in [0.3, 0.4) is 0 Å². The lowest BCUT2D eigenvalue weighted by atomic mass is 10.2. The van der Waals surface area contributed by atoms with Crippen LogP contribution in [0.25, 0.3) is 0 Å². The summed E-state index contributed by atoms with van der Waals surface area (Å²) in [4.78, 5) is 10.0. The molecule has 0 aromatic rings. The molecule has 1 amide bonds. The average molecular weight is 212 g/mol. The van der Waals surface area contributed by atoms with Crippen LogP contribution in [0.15, 0.2) is 0 Å². The fourth-order valence-corrected chi connectivity index (χ4v) is 0.201. The monoisotopic (exact) mass is 210 g/mol. The highest BCUT2D eigenvalue weighted by Gasteiger charge is 2.02. The Morgan fingerprint density at radius 1 is 1.40 bits per heavy atom. The minimum absolute atomic E-state index is 0. The van der Waals surface area contributed by atoms with E-state index in [4.69, 9.17) is 11.5 Å². The summed E-state index contributed by atoms with van der Waals surface area (Å²) in [6.45, 7) is 1.81. The first-order valence-electron chi connectivity index (χ1n) is 2.23. The minimum Gasteiger partial charge on any atom is -0.368 e. The van der Waals surface area contributed by atoms with Gasteiger partial charge in [0.2, 0.25) is 5.91 Å². The summed E-state index contributed by atoms with van der Waals surface area (Å²) in [5, 5.41) is 0. The molecule has 0 spiro atoms. The molecule has 0 fully saturated rings. The summed E-state index contributed by atoms with van der Waals surface area (Å²) >= 11 is 0. The van der Waals surface area contributed by atoms with Crippen molar-refractivity contribution in [3.63, 3.8) is 0 Å². The van der Waals surface area contributed by atoms with E-state index < -0.39 is 11.9 Å². The highest BCUT2D eigenvalue weighted by Crippen LogP contribution is 1.80. The molecule has 0 heterocycles. The molecule has 0 aromatic heterocycles. The van der Waals surface area contributed by atoms with E-state index in [2.05, 4.69) is 0 Å². The summed E-state index contributed by atoms with van der Waals surface area (Å²) in [5.41, 5.74) is 9.92. The van der Waals surface area contributed by atoms with Gasteiger partial charge in [-0.05, 0) is 6.42 Å². The van der Waals surface area contributed by atoms with Gasteiger partial charge < -0.3 is 11.5 Å². The van der Waals surface area contributed by atoms with E-state index in [1.165, 1.54) is 0 Å². The van der Waals surface area contributed by atoms with Crippen LogP contribution in [0, 0.1) is 0 Å². The van der Waals surface area contributed by atoms with Crippen molar-refractivity contribution in [1.82, 2.24) is 0 Å². The van der Waals surface area contributed by atoms with E-state index in [0.29, 0.717) is 6.42 Å². The molecular formula is C4H13Cl3N2O. The van der Waals surface area contributed by atoms with Crippen LogP contribution in [-0.4, -0.2) is 11.9 Å². The number of nitrogens with two attached hydrogens (primary N) is 2. The number of primary amides is 1. The van der Waals surface area contributed by atoms with Gasteiger partial charge >= 0.3 is 0 Å². The molecule has 0 saturated heterocycles. The van der Waals surface area contributed by atoms with Crippen LogP contribution in [0.4, 0.5) is 0 Å². The van der Waals surface area contributed by atoms with Crippen LogP contribution < -0.4 is 11.5 Å². The van der Waals surface area contributed by atoms with Crippen molar-refractivity contribution in [2.24, 2.45) is 11.5 Å². The Bertz CT molecular complexity index is 80.9. The molecule has 0 bridgehead atoms. The fourth-order valence-electron chi connectivity index (χ4n) is 0.201. The van der Waals surface area contributed by atoms with Crippen LogP contribution in [0.2, 0.25) is 0 Å². The molecule has 10 heavy (non-hydrogen) atoms. The molecule has 6 heteroatoms. The third-order valence-corrected chi connectivity index (χ3v) is 0.805. The molecule has 0 aliphatic heterocycles. The summed E-state index contributed by atoms with van der Waals surface area (Å²) in [5.74, 6) is -0.428. The number of hydrogen-bond acceptors (Lipinski definition) is 2. The largest absolute Gasteiger partial charge is 0.368 e. The summed E-state index contributed by atoms with van der Waals surface area (Å²) in [6, 6.07) is -0.458. The summed E-state index contributed by atoms with van der Waals surface area (Å²) < 4.78 is 0. The van der Waals surface area contributed by atoms with E-state index in [0.717, 1.165) is 0 Å². The number of hydrogen-bond donors (Lipinski definition) is 2. The van der Waals surface area contributed by atoms with Gasteiger partial charge in [0.25, 0.3) is 0 Å². The van der Waals surface area contributed by atoms with Gasteiger partial charge in [-0.1, -0.05) is 6.92 Å². The molecule has 3 nitrogen and oxygen atoms in total. The smallest absolute Gasteiger partial charge is 0.234 e. The zero-order valence-corrected chi connectivity index (χ0v) is 8.02. The van der Waals surface area contributed by atoms with Gasteiger partial charge in [0.1, 0.15) is 0 Å². The molecule has 0 radical (unpaired) electrons. The number of amides is 1. The van der Waals surface area contributed by atoms with Gasteiger partial charge in [-0.3, -0.25) is 4.79 Å². The molecule has 0 aliphatic carbocycles. The van der Waals surface area contributed by atoms with E-state index in [9.17, 15) is 4.79 Å². The lowest BCUT2D eigenvalue weighted by Gasteiger charge is -1.98. The van der Waals surface area contributed by atoms with Crippen LogP contribution in [0.1, 0.15) is 13.3 Å². The quantitative estimate of drug-likeness (QED) is 0.697. The first kappa shape index (κ1) is 22.4. The highest BCUT2D eigenvalue weighted by atomic mass is 35.5. The third-order valence-electron chi connectivity index (χ3n) is 0.805. The van der Waals surface area contributed by atoms with Crippen molar-refractivity contribution in [3.05, 3.63) is 0 Å². The van der Waals surface area contributed by atoms with Crippen molar-refractivity contribution < 1.29 is 4.79 Å². The summed E-state index contributed by atoms with van der Waals surface area (Å²) in [6.07, 6.45) is 0.620. The van der Waals surface area contributed by atoms with Gasteiger partial charge in [0.15, 0.2) is 0 Å². The van der Waals surface area contributed by atoms with E-state index in [-0.39, 0.29) is 37.2 Å². The van der Waals surface area contributed by atoms with Crippen LogP contribution in [-0.2, 0) is 4.79 Å². The van der Waals surface area contributed by atoms with Crippen molar-refractivity contribution in [3.8, 4) is 0 Å². The molecule has 66 valence electrons. The molecule has 0 rings (SSSR count). The molecule has 0 aromatic carbocycles. The van der Waals surface area contributed by atoms with Crippen molar-refractivity contribution >= 4 is 43.1 Å². The van der Waals surface area contributed by atoms with E-state index in [1.807, 2.05) is 6.92 Å². The standard InChI is InChI=1S/C4H10N2O.3ClH/c1-2-3(5)4(6)7;;;/h3H,2,5H2,1H3,(H2,6,7);3*1H. The molecule has 0 aliphatic rings. The number of rotatable bonds is 2. The second-order valence-corrected chi connectivity index (χ2v) is 1.42. The Morgan fingerprint density at radius 2 is 1.70 bits per heavy atom. The molecule has 1 atom stereocenters. The fraction of sp³-hybridized carbons (Fsp3) is 0.750. The second-order valence-electron chi connectivity index (χ2n) is 1.42. The molecular weight excluding hydrogens is 198 g/mol. The predicted molar refractivity (Wildman–Crippen MR) is 49.2 cm³/mol. The van der Waals surface area contributed by atoms with Gasteiger partial charge in [-0.25, -0.2) is 0 Å². The van der Waals surface area contributed by atoms with Gasteiger partial charge in [0.05, 0.1) is 6.04 Å². The zero-order valence-electron chi connectivity index (χ0n) is 5.57. The lowest BCUT2D eigenvalue weighted by molar-refractivity contribution is -0.119. The van der Waals surface area contributed by atoms with Crippen molar-refractivity contribution in [2.45, 2.75) is 19.4 Å². The maximum atomic E-state index is 10.0. The topological polar surface area (TPSA) is 69.1 Å². The Balaban J connectivity index is -0.0000000600. The van der Waals surface area contributed by atoms with Crippen LogP contribution in [0.5, 0.6) is 0 Å². The molecule has 0 saturated carbocycles. The lowest BCUT2D eigenvalue weighted by Crippen LogP contribution is -2.35. The van der Waals surface area contributed by atoms with E-state index >= 15 is 0 Å². The Kier molecular flexibility index (Phi) is 27.0. The maximum Gasteiger partial charge on any atom is 0.234 e. The third kappa shape index (κ3) is 11.1. The predicted octanol–water partition coefficient (Wildman–Crippen LogP) is 0.474. The average Bonchev–Trinajstić information content (AvgIpc) is 1.65. The van der Waals surface area contributed by atoms with Gasteiger partial charge in [0, 0.05) is 0 Å². The first-order chi connectivity index (χ1) is 3.18. The SMILES string of the molecule is CCC(N)C(N)=O.Cl.Cl.Cl. The number of carbonyl (C=O) groups excluding carboxylic acids is 1. The van der Waals surface area contributed by atoms with Crippen molar-refractivity contribution in [1.29, 1.82) is 0 Å². The van der Waals surface area contributed by atoms with Gasteiger partial charge in [-0.15, -0.1) is 37.2 Å². The van der Waals surface area contributed by atoms with Gasteiger partial charge in [-0.2, -0.15) is 0 Å². The molecule has 1 unspecified atom stereocenters.